The van der Waals surface area contributed by atoms with Crippen LogP contribution in [0.1, 0.15) is 35.2 Å². The summed E-state index contributed by atoms with van der Waals surface area (Å²) in [6.07, 6.45) is 3.91. The van der Waals surface area contributed by atoms with Crippen molar-refractivity contribution in [3.8, 4) is 5.69 Å². The number of aromatic amines is 1. The second kappa shape index (κ2) is 8.20. The van der Waals surface area contributed by atoms with Crippen LogP contribution in [0.25, 0.3) is 16.7 Å². The van der Waals surface area contributed by atoms with Crippen LogP contribution in [0.15, 0.2) is 44.9 Å². The summed E-state index contributed by atoms with van der Waals surface area (Å²) >= 11 is 0. The van der Waals surface area contributed by atoms with E-state index in [-0.39, 0.29) is 11.2 Å². The molecule has 176 valence electrons. The Morgan fingerprint density at radius 1 is 0.912 bits per heavy atom. The zero-order chi connectivity index (χ0) is 24.1. The summed E-state index contributed by atoms with van der Waals surface area (Å²) in [6.45, 7) is 7.88. The van der Waals surface area contributed by atoms with Gasteiger partial charge < -0.3 is 4.90 Å². The van der Waals surface area contributed by atoms with Gasteiger partial charge in [0.1, 0.15) is 0 Å². The van der Waals surface area contributed by atoms with Crippen molar-refractivity contribution in [2.45, 2.75) is 33.6 Å². The number of fused-ring (bicyclic) bond motifs is 1. The quantitative estimate of drug-likeness (QED) is 0.474. The molecule has 3 heterocycles. The van der Waals surface area contributed by atoms with Gasteiger partial charge in [-0.3, -0.25) is 24.0 Å². The lowest BCUT2D eigenvalue weighted by Gasteiger charge is -2.20. The van der Waals surface area contributed by atoms with Gasteiger partial charge in [-0.05, 0) is 69.0 Å². The lowest BCUT2D eigenvalue weighted by molar-refractivity contribution is 0.795. The first-order valence-corrected chi connectivity index (χ1v) is 11.6. The van der Waals surface area contributed by atoms with E-state index in [4.69, 9.17) is 4.99 Å². The number of nitrogens with zero attached hydrogens (tertiary/aromatic N) is 5. The normalized spacial score (nSPS) is 14.2. The number of anilines is 1. The highest BCUT2D eigenvalue weighted by molar-refractivity contribution is 5.91. The summed E-state index contributed by atoms with van der Waals surface area (Å²) in [4.78, 5) is 32.8. The molecule has 8 nitrogen and oxygen atoms in total. The molecule has 4 aromatic rings. The molecule has 8 heteroatoms. The third-order valence-electron chi connectivity index (χ3n) is 7.01. The second-order valence-corrected chi connectivity index (χ2v) is 9.24. The summed E-state index contributed by atoms with van der Waals surface area (Å²) < 4.78 is 4.87. The lowest BCUT2D eigenvalue weighted by atomic mass is 10.1. The summed E-state index contributed by atoms with van der Waals surface area (Å²) in [6, 6.07) is 9.96. The minimum Gasteiger partial charge on any atom is -0.370 e. The van der Waals surface area contributed by atoms with Gasteiger partial charge >= 0.3 is 5.69 Å². The van der Waals surface area contributed by atoms with Crippen molar-refractivity contribution < 1.29 is 0 Å². The van der Waals surface area contributed by atoms with Crippen LogP contribution < -0.4 is 16.1 Å². The second-order valence-electron chi connectivity index (χ2n) is 9.24. The zero-order valence-corrected chi connectivity index (χ0v) is 20.3. The molecule has 0 atom stereocenters. The lowest BCUT2D eigenvalue weighted by Crippen LogP contribution is -2.19. The molecule has 1 aliphatic heterocycles. The number of nitrogens with one attached hydrogen (secondary N) is 1. The van der Waals surface area contributed by atoms with Crippen molar-refractivity contribution in [1.29, 1.82) is 0 Å². The molecule has 2 aromatic carbocycles. The number of aromatic nitrogens is 4. The van der Waals surface area contributed by atoms with E-state index >= 15 is 0 Å². The minimum absolute atomic E-state index is 0.0683. The fourth-order valence-corrected chi connectivity index (χ4v) is 4.73. The first-order valence-electron chi connectivity index (χ1n) is 11.6. The molecule has 0 radical (unpaired) electrons. The highest BCUT2D eigenvalue weighted by Crippen LogP contribution is 2.35. The van der Waals surface area contributed by atoms with Crippen molar-refractivity contribution in [2.75, 3.05) is 18.0 Å². The summed E-state index contributed by atoms with van der Waals surface area (Å²) in [5.41, 5.74) is 7.63. The molecule has 1 fully saturated rings. The number of aryl methyl sites for hydroxylation is 5. The molecular weight excluding hydrogens is 428 g/mol. The fourth-order valence-electron chi connectivity index (χ4n) is 4.73. The van der Waals surface area contributed by atoms with Crippen LogP contribution in [0.5, 0.6) is 0 Å². The molecular formula is C26H30N6O2. The highest BCUT2D eigenvalue weighted by Gasteiger charge is 2.20. The van der Waals surface area contributed by atoms with Gasteiger partial charge in [-0.2, -0.15) is 0 Å². The Morgan fingerprint density at radius 2 is 1.59 bits per heavy atom. The fraction of sp³-hybridized carbons (Fsp3) is 0.346. The molecule has 2 aromatic heterocycles. The number of H-pyrrole nitrogens is 1. The van der Waals surface area contributed by atoms with Crippen molar-refractivity contribution in [3.63, 3.8) is 0 Å². The maximum absolute atomic E-state index is 13.2. The van der Waals surface area contributed by atoms with Crippen LogP contribution in [0.3, 0.4) is 0 Å². The van der Waals surface area contributed by atoms with Crippen LogP contribution in [-0.4, -0.2) is 38.2 Å². The molecule has 0 saturated carbocycles. The molecule has 34 heavy (non-hydrogen) atoms. The number of benzene rings is 2. The molecule has 5 rings (SSSR count). The number of imidazole rings is 1. The largest absolute Gasteiger partial charge is 0.370 e. The third kappa shape index (κ3) is 3.50. The Balaban J connectivity index is 1.62. The van der Waals surface area contributed by atoms with E-state index in [1.165, 1.54) is 5.56 Å². The maximum Gasteiger partial charge on any atom is 0.328 e. The number of hydrogen-bond donors (Lipinski definition) is 1. The molecule has 0 aliphatic carbocycles. The molecule has 0 amide bonds. The Kier molecular flexibility index (Phi) is 5.31. The maximum atomic E-state index is 13.2. The van der Waals surface area contributed by atoms with Crippen LogP contribution in [0.4, 0.5) is 11.4 Å². The van der Waals surface area contributed by atoms with E-state index < -0.39 is 0 Å². The molecule has 1 saturated heterocycles. The summed E-state index contributed by atoms with van der Waals surface area (Å²) in [7, 11) is 3.56. The minimum atomic E-state index is -0.139. The number of aliphatic imine (C=N–C) groups is 1. The molecule has 0 unspecified atom stereocenters. The zero-order valence-electron chi connectivity index (χ0n) is 20.3. The van der Waals surface area contributed by atoms with Crippen LogP contribution in [-0.2, 0) is 14.1 Å². The van der Waals surface area contributed by atoms with Gasteiger partial charge in [-0.1, -0.05) is 6.07 Å². The molecule has 0 spiro atoms. The number of hydrogen-bond acceptors (Lipinski definition) is 4. The Bertz CT molecular complexity index is 1560. The molecule has 0 bridgehead atoms. The Hall–Kier alpha value is -3.81. The van der Waals surface area contributed by atoms with Gasteiger partial charge in [-0.15, -0.1) is 0 Å². The van der Waals surface area contributed by atoms with Crippen molar-refractivity contribution >= 4 is 28.6 Å². The first-order chi connectivity index (χ1) is 16.3. The highest BCUT2D eigenvalue weighted by atomic mass is 16.1. The summed E-state index contributed by atoms with van der Waals surface area (Å²) in [5, 5.41) is 3.19. The van der Waals surface area contributed by atoms with Gasteiger partial charge in [0.25, 0.3) is 5.56 Å². The SMILES string of the molecule is Cc1ccc(-n2[nH]c(C)c(C=Nc3cc4c(cc3N3CCCC3)n(C)c(=O)n4C)c2=O)cc1C. The average molecular weight is 459 g/mol. The predicted octanol–water partition coefficient (Wildman–Crippen LogP) is 3.63. The van der Waals surface area contributed by atoms with Gasteiger partial charge in [0.15, 0.2) is 0 Å². The standard InChI is InChI=1S/C26H30N6O2/c1-16-8-9-19(12-17(16)2)32-25(33)20(18(3)28-32)15-27-21-13-23-24(30(5)26(34)29(23)4)14-22(21)31-10-6-7-11-31/h8-9,12-15,28H,6-7,10-11H2,1-5H3. The predicted molar refractivity (Wildman–Crippen MR) is 137 cm³/mol. The van der Waals surface area contributed by atoms with E-state index in [1.54, 1.807) is 34.1 Å². The van der Waals surface area contributed by atoms with Gasteiger partial charge in [-0.25, -0.2) is 9.48 Å². The number of rotatable bonds is 4. The van der Waals surface area contributed by atoms with E-state index in [0.717, 1.165) is 65.3 Å². The van der Waals surface area contributed by atoms with E-state index in [2.05, 4.69) is 16.9 Å². The Labute approximate surface area is 197 Å². The van der Waals surface area contributed by atoms with Crippen molar-refractivity contribution in [3.05, 3.63) is 73.6 Å². The summed E-state index contributed by atoms with van der Waals surface area (Å²) in [5.74, 6) is 0. The smallest absolute Gasteiger partial charge is 0.328 e. The third-order valence-corrected chi connectivity index (χ3v) is 7.01. The van der Waals surface area contributed by atoms with Crippen LogP contribution in [0.2, 0.25) is 0 Å². The van der Waals surface area contributed by atoms with Gasteiger partial charge in [0, 0.05) is 39.1 Å². The van der Waals surface area contributed by atoms with Gasteiger partial charge in [0.05, 0.1) is 33.7 Å². The topological polar surface area (TPSA) is 80.3 Å². The molecule has 1 N–H and O–H groups in total. The van der Waals surface area contributed by atoms with E-state index in [0.29, 0.717) is 5.56 Å². The van der Waals surface area contributed by atoms with E-state index in [1.807, 2.05) is 44.2 Å². The van der Waals surface area contributed by atoms with Crippen LogP contribution >= 0.6 is 0 Å². The van der Waals surface area contributed by atoms with Gasteiger partial charge in [0.2, 0.25) is 0 Å². The average Bonchev–Trinajstić information content (AvgIpc) is 3.50. The van der Waals surface area contributed by atoms with Crippen molar-refractivity contribution in [1.82, 2.24) is 18.9 Å². The monoisotopic (exact) mass is 458 g/mol. The van der Waals surface area contributed by atoms with Crippen LogP contribution in [0, 0.1) is 20.8 Å². The Morgan fingerprint density at radius 3 is 2.26 bits per heavy atom. The molecule has 1 aliphatic rings. The first kappa shape index (κ1) is 22.0. The van der Waals surface area contributed by atoms with Crippen molar-refractivity contribution in [2.24, 2.45) is 19.1 Å². The van der Waals surface area contributed by atoms with E-state index in [9.17, 15) is 9.59 Å².